The lowest BCUT2D eigenvalue weighted by atomic mass is 9.98. The first-order chi connectivity index (χ1) is 13.7. The Hall–Kier alpha value is -2.68. The summed E-state index contributed by atoms with van der Waals surface area (Å²) in [5, 5.41) is 1.66. The zero-order valence-electron chi connectivity index (χ0n) is 14.2. The SMILES string of the molecule is O=C(Nc1c(Br)cc(C(F)(F)C#CF)cc1C(F)(F)C(F)(F)F)c1ccccc1F. The van der Waals surface area contributed by atoms with Gasteiger partial charge in [0.1, 0.15) is 12.0 Å². The van der Waals surface area contributed by atoms with E-state index in [4.69, 9.17) is 0 Å². The lowest BCUT2D eigenvalue weighted by Crippen LogP contribution is -2.35. The number of benzene rings is 2. The summed E-state index contributed by atoms with van der Waals surface area (Å²) in [4.78, 5) is 12.2. The molecule has 12 heteroatoms. The van der Waals surface area contributed by atoms with E-state index >= 15 is 0 Å². The van der Waals surface area contributed by atoms with Gasteiger partial charge < -0.3 is 5.32 Å². The van der Waals surface area contributed by atoms with Crippen molar-refractivity contribution in [2.75, 3.05) is 5.32 Å². The molecule has 160 valence electrons. The zero-order chi connectivity index (χ0) is 22.9. The van der Waals surface area contributed by atoms with Gasteiger partial charge >= 0.3 is 18.0 Å². The van der Waals surface area contributed by atoms with Crippen molar-refractivity contribution in [1.82, 2.24) is 0 Å². The summed E-state index contributed by atoms with van der Waals surface area (Å²) >= 11 is 2.54. The topological polar surface area (TPSA) is 29.1 Å². The van der Waals surface area contributed by atoms with Crippen molar-refractivity contribution in [2.24, 2.45) is 0 Å². The standard InChI is InChI=1S/C18H7BrF9NO/c19-12-8-9(16(22,23)5-6-20)7-11(17(24,25)18(26,27)28)14(12)29-15(30)10-3-1-2-4-13(10)21/h1-4,7-8H,(H,29,30). The Morgan fingerprint density at radius 1 is 1.00 bits per heavy atom. The van der Waals surface area contributed by atoms with Crippen LogP contribution in [0.1, 0.15) is 21.5 Å². The van der Waals surface area contributed by atoms with Gasteiger partial charge in [-0.05, 0) is 40.2 Å². The van der Waals surface area contributed by atoms with Crippen molar-refractivity contribution in [3.05, 3.63) is 63.4 Å². The molecule has 0 spiro atoms. The van der Waals surface area contributed by atoms with Crippen LogP contribution in [0.2, 0.25) is 0 Å². The van der Waals surface area contributed by atoms with Crippen LogP contribution in [0.3, 0.4) is 0 Å². The largest absolute Gasteiger partial charge is 0.458 e. The van der Waals surface area contributed by atoms with Gasteiger partial charge in [-0.15, -0.1) is 4.39 Å². The minimum atomic E-state index is -6.25. The molecule has 0 saturated heterocycles. The number of alkyl halides is 7. The highest BCUT2D eigenvalue weighted by Gasteiger charge is 2.60. The van der Waals surface area contributed by atoms with Crippen LogP contribution in [0.15, 0.2) is 40.9 Å². The van der Waals surface area contributed by atoms with Crippen LogP contribution in [0.25, 0.3) is 0 Å². The van der Waals surface area contributed by atoms with Crippen LogP contribution >= 0.6 is 15.9 Å². The Morgan fingerprint density at radius 3 is 2.13 bits per heavy atom. The molecule has 0 bridgehead atoms. The van der Waals surface area contributed by atoms with E-state index in [1.165, 1.54) is 12.1 Å². The Labute approximate surface area is 171 Å². The zero-order valence-corrected chi connectivity index (χ0v) is 15.7. The molecule has 2 aromatic rings. The molecule has 0 aliphatic heterocycles. The molecule has 2 rings (SSSR count). The van der Waals surface area contributed by atoms with Gasteiger partial charge in [0.25, 0.3) is 5.91 Å². The van der Waals surface area contributed by atoms with Crippen molar-refractivity contribution in [2.45, 2.75) is 18.0 Å². The van der Waals surface area contributed by atoms with Gasteiger partial charge in [0.2, 0.25) is 0 Å². The van der Waals surface area contributed by atoms with Crippen LogP contribution in [-0.4, -0.2) is 12.1 Å². The lowest BCUT2D eigenvalue weighted by molar-refractivity contribution is -0.289. The molecule has 30 heavy (non-hydrogen) atoms. The van der Waals surface area contributed by atoms with E-state index in [9.17, 15) is 44.3 Å². The second-order valence-electron chi connectivity index (χ2n) is 5.68. The van der Waals surface area contributed by atoms with E-state index in [1.54, 1.807) is 5.32 Å². The summed E-state index contributed by atoms with van der Waals surface area (Å²) in [7, 11) is 0. The summed E-state index contributed by atoms with van der Waals surface area (Å²) in [6, 6.07) is 4.23. The highest BCUT2D eigenvalue weighted by atomic mass is 79.9. The van der Waals surface area contributed by atoms with E-state index in [2.05, 4.69) is 15.9 Å². The van der Waals surface area contributed by atoms with Gasteiger partial charge in [-0.3, -0.25) is 4.79 Å². The number of carbonyl (C=O) groups is 1. The maximum atomic E-state index is 14.1. The van der Waals surface area contributed by atoms with Gasteiger partial charge in [-0.2, -0.15) is 30.7 Å². The molecule has 0 aliphatic carbocycles. The van der Waals surface area contributed by atoms with Crippen molar-refractivity contribution >= 4 is 27.5 Å². The number of anilines is 1. The second-order valence-corrected chi connectivity index (χ2v) is 6.53. The molecular weight excluding hydrogens is 497 g/mol. The lowest BCUT2D eigenvalue weighted by Gasteiger charge is -2.25. The van der Waals surface area contributed by atoms with Gasteiger partial charge in [-0.25, -0.2) is 4.39 Å². The molecule has 0 aromatic heterocycles. The number of rotatable bonds is 4. The number of hydrogen-bond donors (Lipinski definition) is 1. The van der Waals surface area contributed by atoms with Crippen molar-refractivity contribution < 1.29 is 44.3 Å². The Balaban J connectivity index is 2.71. The fourth-order valence-electron chi connectivity index (χ4n) is 2.27. The first-order valence-corrected chi connectivity index (χ1v) is 8.37. The van der Waals surface area contributed by atoms with Crippen molar-refractivity contribution in [3.63, 3.8) is 0 Å². The van der Waals surface area contributed by atoms with Gasteiger partial charge in [0, 0.05) is 16.0 Å². The average molecular weight is 504 g/mol. The van der Waals surface area contributed by atoms with E-state index in [-0.39, 0.29) is 6.07 Å². The van der Waals surface area contributed by atoms with Crippen molar-refractivity contribution in [3.8, 4) is 12.1 Å². The molecular formula is C18H7BrF9NO. The maximum Gasteiger partial charge on any atom is 0.458 e. The minimum Gasteiger partial charge on any atom is -0.320 e. The van der Waals surface area contributed by atoms with Crippen LogP contribution in [0.4, 0.5) is 45.2 Å². The van der Waals surface area contributed by atoms with Crippen LogP contribution in [0.5, 0.6) is 0 Å². The highest BCUT2D eigenvalue weighted by molar-refractivity contribution is 9.10. The molecule has 0 fully saturated rings. The number of carbonyl (C=O) groups excluding carboxylic acids is 1. The first kappa shape index (κ1) is 23.6. The number of nitrogens with one attached hydrogen (secondary N) is 1. The molecule has 2 aromatic carbocycles. The van der Waals surface area contributed by atoms with E-state index in [0.717, 1.165) is 18.1 Å². The maximum absolute atomic E-state index is 14.1. The van der Waals surface area contributed by atoms with Crippen molar-refractivity contribution in [1.29, 1.82) is 0 Å². The van der Waals surface area contributed by atoms with Gasteiger partial charge in [-0.1, -0.05) is 12.1 Å². The summed E-state index contributed by atoms with van der Waals surface area (Å²) in [6.07, 6.45) is -5.89. The van der Waals surface area contributed by atoms with Crippen LogP contribution in [-0.2, 0) is 11.8 Å². The third-order valence-electron chi connectivity index (χ3n) is 3.71. The average Bonchev–Trinajstić information content (AvgIpc) is 2.62. The molecule has 0 heterocycles. The quantitative estimate of drug-likeness (QED) is 0.373. The van der Waals surface area contributed by atoms with E-state index in [1.807, 2.05) is 0 Å². The first-order valence-electron chi connectivity index (χ1n) is 7.58. The minimum absolute atomic E-state index is 0.264. The van der Waals surface area contributed by atoms with Crippen LogP contribution in [0, 0.1) is 17.9 Å². The van der Waals surface area contributed by atoms with E-state index < -0.39 is 56.6 Å². The normalized spacial score (nSPS) is 12.2. The molecule has 1 N–H and O–H groups in total. The fraction of sp³-hybridized carbons (Fsp3) is 0.167. The summed E-state index contributed by atoms with van der Waals surface area (Å²) in [5.41, 5.74) is -5.52. The second kappa shape index (κ2) is 8.22. The van der Waals surface area contributed by atoms with Crippen LogP contribution < -0.4 is 5.32 Å². The molecule has 0 unspecified atom stereocenters. The predicted octanol–water partition coefficient (Wildman–Crippen LogP) is 6.52. The highest BCUT2D eigenvalue weighted by Crippen LogP contribution is 2.49. The molecule has 0 aliphatic rings. The summed E-state index contributed by atoms with van der Waals surface area (Å²) in [5.74, 6) is -11.9. The predicted molar refractivity (Wildman–Crippen MR) is 91.2 cm³/mol. The number of amides is 1. The Morgan fingerprint density at radius 2 is 1.60 bits per heavy atom. The molecule has 0 radical (unpaired) electrons. The van der Waals surface area contributed by atoms with Gasteiger partial charge in [0.15, 0.2) is 0 Å². The molecule has 2 nitrogen and oxygen atoms in total. The molecule has 0 saturated carbocycles. The Bertz CT molecular complexity index is 1040. The molecule has 1 amide bonds. The number of hydrogen-bond acceptors (Lipinski definition) is 1. The fourth-order valence-corrected chi connectivity index (χ4v) is 2.83. The monoisotopic (exact) mass is 503 g/mol. The van der Waals surface area contributed by atoms with Gasteiger partial charge in [0.05, 0.1) is 16.8 Å². The third-order valence-corrected chi connectivity index (χ3v) is 4.33. The Kier molecular flexibility index (Phi) is 6.46. The summed E-state index contributed by atoms with van der Waals surface area (Å²) < 4.78 is 119. The third kappa shape index (κ3) is 4.56. The summed E-state index contributed by atoms with van der Waals surface area (Å²) in [6.45, 7) is 0. The van der Waals surface area contributed by atoms with E-state index in [0.29, 0.717) is 12.2 Å². The smallest absolute Gasteiger partial charge is 0.320 e. The number of halogens is 10. The molecule has 0 atom stereocenters.